The highest BCUT2D eigenvalue weighted by atomic mass is 19.4. The van der Waals surface area contributed by atoms with Gasteiger partial charge in [-0.1, -0.05) is 0 Å². The summed E-state index contributed by atoms with van der Waals surface area (Å²) in [7, 11) is 1.42. The number of methoxy groups -OCH3 is 1. The lowest BCUT2D eigenvalue weighted by Gasteiger charge is -2.18. The van der Waals surface area contributed by atoms with Gasteiger partial charge in [0.1, 0.15) is 5.75 Å². The molecule has 0 saturated heterocycles. The molecular formula is C12H13F3O2. The molecule has 2 rings (SSSR count). The van der Waals surface area contributed by atoms with Gasteiger partial charge in [0.25, 0.3) is 0 Å². The first-order chi connectivity index (χ1) is 7.93. The lowest BCUT2D eigenvalue weighted by molar-refractivity contribution is -0.137. The highest BCUT2D eigenvalue weighted by Crippen LogP contribution is 2.51. The predicted molar refractivity (Wildman–Crippen MR) is 56.0 cm³/mol. The molecule has 0 aromatic heterocycles. The quantitative estimate of drug-likeness (QED) is 0.888. The van der Waals surface area contributed by atoms with E-state index in [9.17, 15) is 18.3 Å². The minimum Gasteiger partial charge on any atom is -0.496 e. The number of halogens is 3. The smallest absolute Gasteiger partial charge is 0.416 e. The summed E-state index contributed by atoms with van der Waals surface area (Å²) in [6.45, 7) is -0.148. The van der Waals surface area contributed by atoms with Gasteiger partial charge in [-0.2, -0.15) is 13.2 Å². The molecule has 0 bridgehead atoms. The van der Waals surface area contributed by atoms with E-state index < -0.39 is 17.2 Å². The minimum absolute atomic E-state index is 0.148. The van der Waals surface area contributed by atoms with Gasteiger partial charge in [0.2, 0.25) is 0 Å². The molecule has 1 aliphatic rings. The van der Waals surface area contributed by atoms with Gasteiger partial charge in [-0.15, -0.1) is 0 Å². The van der Waals surface area contributed by atoms with Gasteiger partial charge in [-0.3, -0.25) is 0 Å². The third-order valence-corrected chi connectivity index (χ3v) is 3.25. The first-order valence-corrected chi connectivity index (χ1v) is 5.29. The Labute approximate surface area is 97.0 Å². The van der Waals surface area contributed by atoms with Crippen LogP contribution in [0.15, 0.2) is 18.2 Å². The first kappa shape index (κ1) is 12.2. The van der Waals surface area contributed by atoms with Gasteiger partial charge >= 0.3 is 6.18 Å². The maximum atomic E-state index is 12.6. The molecule has 5 heteroatoms. The molecule has 1 N–H and O–H groups in total. The molecular weight excluding hydrogens is 233 g/mol. The van der Waals surface area contributed by atoms with Crippen LogP contribution < -0.4 is 4.74 Å². The van der Waals surface area contributed by atoms with E-state index in [1.165, 1.54) is 13.2 Å². The second-order valence-electron chi connectivity index (χ2n) is 4.35. The van der Waals surface area contributed by atoms with Crippen molar-refractivity contribution in [2.75, 3.05) is 13.7 Å². The third-order valence-electron chi connectivity index (χ3n) is 3.25. The van der Waals surface area contributed by atoms with E-state index >= 15 is 0 Å². The Morgan fingerprint density at radius 2 is 2.00 bits per heavy atom. The Kier molecular flexibility index (Phi) is 2.81. The summed E-state index contributed by atoms with van der Waals surface area (Å²) in [5.41, 5.74) is -0.780. The standard InChI is InChI=1S/C12H13F3O2/c1-17-10-3-2-8(12(13,14)15)6-9(10)11(7-16)4-5-11/h2-3,6,16H,4-5,7H2,1H3. The molecule has 0 amide bonds. The predicted octanol–water partition coefficient (Wildman–Crippen LogP) is 2.74. The minimum atomic E-state index is -4.37. The van der Waals surface area contributed by atoms with Gasteiger partial charge in [0, 0.05) is 11.0 Å². The molecule has 1 aromatic carbocycles. The second-order valence-corrected chi connectivity index (χ2v) is 4.35. The summed E-state index contributed by atoms with van der Waals surface area (Å²) in [5, 5.41) is 9.29. The van der Waals surface area contributed by atoms with E-state index in [-0.39, 0.29) is 6.61 Å². The van der Waals surface area contributed by atoms with Crippen molar-refractivity contribution in [3.63, 3.8) is 0 Å². The number of aliphatic hydroxyl groups excluding tert-OH is 1. The zero-order valence-electron chi connectivity index (χ0n) is 9.34. The number of aliphatic hydroxyl groups is 1. The van der Waals surface area contributed by atoms with Crippen molar-refractivity contribution >= 4 is 0 Å². The van der Waals surface area contributed by atoms with Crippen LogP contribution in [0.5, 0.6) is 5.75 Å². The normalized spacial score (nSPS) is 17.9. The Morgan fingerprint density at radius 3 is 2.41 bits per heavy atom. The van der Waals surface area contributed by atoms with Crippen LogP contribution in [0.3, 0.4) is 0 Å². The van der Waals surface area contributed by atoms with E-state index in [4.69, 9.17) is 4.74 Å². The van der Waals surface area contributed by atoms with E-state index in [0.29, 0.717) is 24.2 Å². The number of benzene rings is 1. The van der Waals surface area contributed by atoms with Crippen LogP contribution >= 0.6 is 0 Å². The average molecular weight is 246 g/mol. The molecule has 0 aliphatic heterocycles. The fourth-order valence-corrected chi connectivity index (χ4v) is 1.96. The van der Waals surface area contributed by atoms with Gasteiger partial charge in [-0.05, 0) is 31.0 Å². The Hall–Kier alpha value is -1.23. The van der Waals surface area contributed by atoms with Crippen LogP contribution in [-0.2, 0) is 11.6 Å². The number of ether oxygens (including phenoxy) is 1. The monoisotopic (exact) mass is 246 g/mol. The molecule has 17 heavy (non-hydrogen) atoms. The van der Waals surface area contributed by atoms with Crippen molar-refractivity contribution in [1.82, 2.24) is 0 Å². The molecule has 1 saturated carbocycles. The number of hydrogen-bond donors (Lipinski definition) is 1. The zero-order valence-corrected chi connectivity index (χ0v) is 9.34. The topological polar surface area (TPSA) is 29.5 Å². The maximum absolute atomic E-state index is 12.6. The lowest BCUT2D eigenvalue weighted by atomic mass is 9.94. The fourth-order valence-electron chi connectivity index (χ4n) is 1.96. The van der Waals surface area contributed by atoms with Gasteiger partial charge in [-0.25, -0.2) is 0 Å². The van der Waals surface area contributed by atoms with Crippen molar-refractivity contribution in [2.24, 2.45) is 0 Å². The van der Waals surface area contributed by atoms with Crippen LogP contribution in [-0.4, -0.2) is 18.8 Å². The lowest BCUT2D eigenvalue weighted by Crippen LogP contribution is -2.15. The van der Waals surface area contributed by atoms with Crippen molar-refractivity contribution in [2.45, 2.75) is 24.4 Å². The summed E-state index contributed by atoms with van der Waals surface area (Å²) < 4.78 is 42.9. The Balaban J connectivity index is 2.48. The first-order valence-electron chi connectivity index (χ1n) is 5.29. The van der Waals surface area contributed by atoms with E-state index in [0.717, 1.165) is 12.1 Å². The summed E-state index contributed by atoms with van der Waals surface area (Å²) in [6, 6.07) is 3.39. The molecule has 0 unspecified atom stereocenters. The summed E-state index contributed by atoms with van der Waals surface area (Å²) >= 11 is 0. The highest BCUT2D eigenvalue weighted by Gasteiger charge is 2.46. The number of alkyl halides is 3. The van der Waals surface area contributed by atoms with Gasteiger partial charge in [0.15, 0.2) is 0 Å². The van der Waals surface area contributed by atoms with Crippen molar-refractivity contribution in [1.29, 1.82) is 0 Å². The largest absolute Gasteiger partial charge is 0.496 e. The molecule has 94 valence electrons. The maximum Gasteiger partial charge on any atom is 0.416 e. The second kappa shape index (κ2) is 3.91. The molecule has 2 nitrogen and oxygen atoms in total. The van der Waals surface area contributed by atoms with Crippen LogP contribution in [0.4, 0.5) is 13.2 Å². The van der Waals surface area contributed by atoms with E-state index in [2.05, 4.69) is 0 Å². The van der Waals surface area contributed by atoms with Gasteiger partial charge in [0.05, 0.1) is 19.3 Å². The average Bonchev–Trinajstić information content (AvgIpc) is 3.08. The fraction of sp³-hybridized carbons (Fsp3) is 0.500. The van der Waals surface area contributed by atoms with Crippen LogP contribution in [0.25, 0.3) is 0 Å². The molecule has 0 spiro atoms. The van der Waals surface area contributed by atoms with E-state index in [1.54, 1.807) is 0 Å². The van der Waals surface area contributed by atoms with Crippen molar-refractivity contribution in [3.8, 4) is 5.75 Å². The Bertz CT molecular complexity index is 422. The Morgan fingerprint density at radius 1 is 1.35 bits per heavy atom. The summed E-state index contributed by atoms with van der Waals surface area (Å²) in [4.78, 5) is 0. The van der Waals surface area contributed by atoms with Gasteiger partial charge < -0.3 is 9.84 Å². The molecule has 0 heterocycles. The molecule has 0 radical (unpaired) electrons. The summed E-state index contributed by atoms with van der Waals surface area (Å²) in [5.74, 6) is 0.407. The van der Waals surface area contributed by atoms with Crippen molar-refractivity contribution < 1.29 is 23.0 Å². The third kappa shape index (κ3) is 2.11. The molecule has 0 atom stereocenters. The number of hydrogen-bond acceptors (Lipinski definition) is 2. The zero-order chi connectivity index (χ0) is 12.7. The van der Waals surface area contributed by atoms with Crippen LogP contribution in [0.2, 0.25) is 0 Å². The molecule has 1 fully saturated rings. The van der Waals surface area contributed by atoms with Crippen LogP contribution in [0, 0.1) is 0 Å². The highest BCUT2D eigenvalue weighted by molar-refractivity contribution is 5.46. The van der Waals surface area contributed by atoms with Crippen molar-refractivity contribution in [3.05, 3.63) is 29.3 Å². The van der Waals surface area contributed by atoms with E-state index in [1.807, 2.05) is 0 Å². The molecule has 1 aromatic rings. The SMILES string of the molecule is COc1ccc(C(F)(F)F)cc1C1(CO)CC1. The summed E-state index contributed by atoms with van der Waals surface area (Å²) in [6.07, 6.45) is -2.98. The molecule has 1 aliphatic carbocycles. The van der Waals surface area contributed by atoms with Crippen LogP contribution in [0.1, 0.15) is 24.0 Å². The number of rotatable bonds is 3.